The van der Waals surface area contributed by atoms with Crippen molar-refractivity contribution in [2.75, 3.05) is 11.9 Å². The predicted octanol–water partition coefficient (Wildman–Crippen LogP) is 0.861. The molecule has 0 radical (unpaired) electrons. The molecule has 1 amide bonds. The van der Waals surface area contributed by atoms with E-state index in [4.69, 9.17) is 5.73 Å². The Kier molecular flexibility index (Phi) is 4.47. The minimum absolute atomic E-state index is 0.235. The van der Waals surface area contributed by atoms with Crippen molar-refractivity contribution in [1.82, 2.24) is 14.8 Å². The van der Waals surface area contributed by atoms with Gasteiger partial charge in [-0.25, -0.2) is 4.98 Å². The van der Waals surface area contributed by atoms with Gasteiger partial charge in [0.2, 0.25) is 0 Å². The number of hydrogen-bond donors (Lipinski definition) is 2. The Bertz CT molecular complexity index is 665. The minimum atomic E-state index is -0.317. The fourth-order valence-electron chi connectivity index (χ4n) is 1.62. The SMILES string of the molecule is CCn1cc(NC(=O)c2ncccc2C#CCN)cn1. The van der Waals surface area contributed by atoms with Crippen LogP contribution in [0.25, 0.3) is 0 Å². The lowest BCUT2D eigenvalue weighted by molar-refractivity contribution is 0.102. The van der Waals surface area contributed by atoms with E-state index >= 15 is 0 Å². The van der Waals surface area contributed by atoms with E-state index in [-0.39, 0.29) is 18.1 Å². The fraction of sp³-hybridized carbons (Fsp3) is 0.214. The summed E-state index contributed by atoms with van der Waals surface area (Å²) in [5, 5.41) is 6.84. The van der Waals surface area contributed by atoms with Gasteiger partial charge in [-0.2, -0.15) is 5.10 Å². The molecule has 0 aromatic carbocycles. The van der Waals surface area contributed by atoms with Crippen molar-refractivity contribution in [2.24, 2.45) is 5.73 Å². The Morgan fingerprint density at radius 1 is 1.55 bits per heavy atom. The minimum Gasteiger partial charge on any atom is -0.320 e. The summed E-state index contributed by atoms with van der Waals surface area (Å²) in [6.45, 7) is 2.95. The van der Waals surface area contributed by atoms with Crippen LogP contribution in [0.5, 0.6) is 0 Å². The highest BCUT2D eigenvalue weighted by atomic mass is 16.1. The highest BCUT2D eigenvalue weighted by Gasteiger charge is 2.12. The maximum atomic E-state index is 12.2. The van der Waals surface area contributed by atoms with E-state index in [0.29, 0.717) is 11.3 Å². The number of pyridine rings is 1. The number of carbonyl (C=O) groups excluding carboxylic acids is 1. The topological polar surface area (TPSA) is 85.8 Å². The van der Waals surface area contributed by atoms with Gasteiger partial charge in [0.05, 0.1) is 24.0 Å². The average Bonchev–Trinajstić information content (AvgIpc) is 2.93. The number of rotatable bonds is 3. The third-order valence-electron chi connectivity index (χ3n) is 2.56. The second kappa shape index (κ2) is 6.50. The normalized spacial score (nSPS) is 9.70. The lowest BCUT2D eigenvalue weighted by Crippen LogP contribution is -2.15. The van der Waals surface area contributed by atoms with Crippen molar-refractivity contribution in [3.63, 3.8) is 0 Å². The summed E-state index contributed by atoms with van der Waals surface area (Å²) in [7, 11) is 0. The largest absolute Gasteiger partial charge is 0.320 e. The average molecular weight is 269 g/mol. The van der Waals surface area contributed by atoms with Crippen LogP contribution in [0.3, 0.4) is 0 Å². The van der Waals surface area contributed by atoms with Crippen LogP contribution in [0.15, 0.2) is 30.7 Å². The van der Waals surface area contributed by atoms with E-state index in [1.165, 1.54) is 0 Å². The highest BCUT2D eigenvalue weighted by molar-refractivity contribution is 6.04. The van der Waals surface area contributed by atoms with Gasteiger partial charge in [-0.15, -0.1) is 0 Å². The Hall–Kier alpha value is -2.65. The lowest BCUT2D eigenvalue weighted by atomic mass is 10.2. The molecule has 0 aliphatic heterocycles. The number of hydrogen-bond acceptors (Lipinski definition) is 4. The van der Waals surface area contributed by atoms with Gasteiger partial charge in [-0.3, -0.25) is 9.48 Å². The molecule has 20 heavy (non-hydrogen) atoms. The Morgan fingerprint density at radius 2 is 2.40 bits per heavy atom. The van der Waals surface area contributed by atoms with Crippen molar-refractivity contribution in [2.45, 2.75) is 13.5 Å². The van der Waals surface area contributed by atoms with Crippen LogP contribution in [-0.2, 0) is 6.54 Å². The first-order chi connectivity index (χ1) is 9.74. The van der Waals surface area contributed by atoms with Crippen LogP contribution in [0.2, 0.25) is 0 Å². The molecule has 0 aliphatic rings. The van der Waals surface area contributed by atoms with Gasteiger partial charge in [0.15, 0.2) is 0 Å². The predicted molar refractivity (Wildman–Crippen MR) is 76.0 cm³/mol. The Labute approximate surface area is 117 Å². The molecule has 0 unspecified atom stereocenters. The molecule has 102 valence electrons. The zero-order valence-electron chi connectivity index (χ0n) is 11.1. The van der Waals surface area contributed by atoms with E-state index in [1.807, 2.05) is 6.92 Å². The third kappa shape index (κ3) is 3.22. The van der Waals surface area contributed by atoms with Gasteiger partial charge in [0.25, 0.3) is 5.91 Å². The van der Waals surface area contributed by atoms with Gasteiger partial charge < -0.3 is 11.1 Å². The smallest absolute Gasteiger partial charge is 0.275 e. The molecule has 2 heterocycles. The zero-order chi connectivity index (χ0) is 14.4. The molecule has 0 fully saturated rings. The summed E-state index contributed by atoms with van der Waals surface area (Å²) in [6.07, 6.45) is 4.90. The summed E-state index contributed by atoms with van der Waals surface area (Å²) in [4.78, 5) is 16.3. The van der Waals surface area contributed by atoms with Crippen molar-refractivity contribution in [1.29, 1.82) is 0 Å². The maximum absolute atomic E-state index is 12.2. The summed E-state index contributed by atoms with van der Waals surface area (Å²) < 4.78 is 1.73. The summed E-state index contributed by atoms with van der Waals surface area (Å²) >= 11 is 0. The fourth-order valence-corrected chi connectivity index (χ4v) is 1.62. The first kappa shape index (κ1) is 13.8. The van der Waals surface area contributed by atoms with Crippen molar-refractivity contribution < 1.29 is 4.79 Å². The first-order valence-electron chi connectivity index (χ1n) is 6.22. The van der Waals surface area contributed by atoms with Crippen LogP contribution in [0, 0.1) is 11.8 Å². The van der Waals surface area contributed by atoms with Gasteiger partial charge in [-0.1, -0.05) is 11.8 Å². The number of anilines is 1. The molecule has 0 saturated carbocycles. The van der Waals surface area contributed by atoms with E-state index < -0.39 is 0 Å². The van der Waals surface area contributed by atoms with Gasteiger partial charge in [0.1, 0.15) is 5.69 Å². The molecule has 2 aromatic rings. The van der Waals surface area contributed by atoms with E-state index in [2.05, 4.69) is 27.2 Å². The van der Waals surface area contributed by atoms with Gasteiger partial charge in [-0.05, 0) is 19.1 Å². The molecule has 2 rings (SSSR count). The molecule has 2 aromatic heterocycles. The number of aryl methyl sites for hydroxylation is 1. The monoisotopic (exact) mass is 269 g/mol. The second-order valence-electron chi connectivity index (χ2n) is 3.94. The molecule has 0 bridgehead atoms. The van der Waals surface area contributed by atoms with Gasteiger partial charge >= 0.3 is 0 Å². The zero-order valence-corrected chi connectivity index (χ0v) is 11.1. The molecule has 6 heteroatoms. The lowest BCUT2D eigenvalue weighted by Gasteiger charge is -2.03. The standard InChI is InChI=1S/C14H15N5O/c1-2-19-10-12(9-17-19)18-14(20)13-11(5-3-7-15)6-4-8-16-13/h4,6,8-10H,2,7,15H2,1H3,(H,18,20). The molecule has 0 saturated heterocycles. The molecular formula is C14H15N5O. The Morgan fingerprint density at radius 3 is 3.10 bits per heavy atom. The molecule has 0 spiro atoms. The van der Waals surface area contributed by atoms with Crippen LogP contribution in [0.4, 0.5) is 5.69 Å². The number of amides is 1. The second-order valence-corrected chi connectivity index (χ2v) is 3.94. The Balaban J connectivity index is 2.20. The van der Waals surface area contributed by atoms with E-state index in [1.54, 1.807) is 35.4 Å². The summed E-state index contributed by atoms with van der Waals surface area (Å²) in [6, 6.07) is 3.46. The number of aromatic nitrogens is 3. The first-order valence-corrected chi connectivity index (χ1v) is 6.22. The van der Waals surface area contributed by atoms with Crippen LogP contribution < -0.4 is 11.1 Å². The molecule has 0 aliphatic carbocycles. The molecule has 0 atom stereocenters. The maximum Gasteiger partial charge on any atom is 0.275 e. The number of nitrogens with two attached hydrogens (primary N) is 1. The van der Waals surface area contributed by atoms with E-state index in [9.17, 15) is 4.79 Å². The number of carbonyl (C=O) groups is 1. The summed E-state index contributed by atoms with van der Waals surface area (Å²) in [5.74, 6) is 5.24. The number of nitrogens with zero attached hydrogens (tertiary/aromatic N) is 3. The van der Waals surface area contributed by atoms with Crippen LogP contribution in [-0.4, -0.2) is 27.2 Å². The quantitative estimate of drug-likeness (QED) is 0.809. The van der Waals surface area contributed by atoms with Crippen LogP contribution in [0.1, 0.15) is 23.0 Å². The molecular weight excluding hydrogens is 254 g/mol. The van der Waals surface area contributed by atoms with Crippen molar-refractivity contribution in [3.8, 4) is 11.8 Å². The van der Waals surface area contributed by atoms with Crippen molar-refractivity contribution in [3.05, 3.63) is 42.0 Å². The van der Waals surface area contributed by atoms with E-state index in [0.717, 1.165) is 6.54 Å². The molecule has 3 N–H and O–H groups in total. The highest BCUT2D eigenvalue weighted by Crippen LogP contribution is 2.09. The van der Waals surface area contributed by atoms with Crippen molar-refractivity contribution >= 4 is 11.6 Å². The van der Waals surface area contributed by atoms with Crippen LogP contribution >= 0.6 is 0 Å². The summed E-state index contributed by atoms with van der Waals surface area (Å²) in [5.41, 5.74) is 6.79. The molecule has 6 nitrogen and oxygen atoms in total. The third-order valence-corrected chi connectivity index (χ3v) is 2.56. The van der Waals surface area contributed by atoms with Gasteiger partial charge in [0, 0.05) is 18.9 Å². The number of nitrogens with one attached hydrogen (secondary N) is 1.